The topological polar surface area (TPSA) is 113 Å². The molecule has 0 aliphatic rings. The Morgan fingerprint density at radius 3 is 2.18 bits per heavy atom. The molecule has 0 aliphatic carbocycles. The molecule has 1 N–H and O–H groups in total. The lowest BCUT2D eigenvalue weighted by molar-refractivity contribution is -0.0543. The highest BCUT2D eigenvalue weighted by atomic mass is 32.1. The highest BCUT2D eigenvalue weighted by Crippen LogP contribution is 2.30. The van der Waals surface area contributed by atoms with Crippen molar-refractivity contribution in [2.75, 3.05) is 7.11 Å². The molecule has 1 amide bonds. The zero-order valence-corrected chi connectivity index (χ0v) is 18.3. The van der Waals surface area contributed by atoms with Crippen molar-refractivity contribution < 1.29 is 41.4 Å². The number of ether oxygens (including phenoxy) is 3. The van der Waals surface area contributed by atoms with E-state index in [-0.39, 0.29) is 21.8 Å². The maximum Gasteiger partial charge on any atom is 0.387 e. The standard InChI is InChI=1S/C20H16F4N4O5S/c1-9(14-15(26-4-3-25-14)17-27-8-13(34-17)18(30)31-2)28-16(29)10-5-11(32-19(21)22)7-12(6-10)33-20(23)24/h3-9,19-20H,1-2H3,(H,28,29). The second kappa shape index (κ2) is 10.9. The Kier molecular flexibility index (Phi) is 7.94. The number of aromatic nitrogens is 3. The summed E-state index contributed by atoms with van der Waals surface area (Å²) in [6.45, 7) is -4.92. The molecule has 0 saturated carbocycles. The lowest BCUT2D eigenvalue weighted by atomic mass is 10.1. The van der Waals surface area contributed by atoms with Crippen LogP contribution in [0.3, 0.4) is 0 Å². The Bertz CT molecular complexity index is 1150. The number of rotatable bonds is 9. The summed E-state index contributed by atoms with van der Waals surface area (Å²) in [7, 11) is 1.23. The first-order chi connectivity index (χ1) is 16.2. The number of methoxy groups -OCH3 is 1. The third kappa shape index (κ3) is 6.15. The lowest BCUT2D eigenvalue weighted by Gasteiger charge is -2.16. The van der Waals surface area contributed by atoms with E-state index in [4.69, 9.17) is 0 Å². The largest absolute Gasteiger partial charge is 0.465 e. The highest BCUT2D eigenvalue weighted by Gasteiger charge is 2.22. The van der Waals surface area contributed by atoms with Crippen LogP contribution < -0.4 is 14.8 Å². The molecule has 1 aromatic carbocycles. The summed E-state index contributed by atoms with van der Waals surface area (Å²) in [6, 6.07) is 1.92. The minimum Gasteiger partial charge on any atom is -0.465 e. The predicted octanol–water partition coefficient (Wildman–Crippen LogP) is 4.08. The van der Waals surface area contributed by atoms with Crippen LogP contribution in [0, 0.1) is 0 Å². The van der Waals surface area contributed by atoms with Gasteiger partial charge in [0.1, 0.15) is 27.1 Å². The van der Waals surface area contributed by atoms with Crippen LogP contribution in [0.1, 0.15) is 38.7 Å². The molecule has 0 spiro atoms. The number of amides is 1. The Morgan fingerprint density at radius 1 is 0.971 bits per heavy atom. The van der Waals surface area contributed by atoms with E-state index in [1.54, 1.807) is 6.92 Å². The smallest absolute Gasteiger partial charge is 0.387 e. The summed E-state index contributed by atoms with van der Waals surface area (Å²) >= 11 is 1.00. The maximum absolute atomic E-state index is 12.8. The molecule has 1 unspecified atom stereocenters. The van der Waals surface area contributed by atoms with Crippen LogP contribution >= 0.6 is 11.3 Å². The molecule has 34 heavy (non-hydrogen) atoms. The average Bonchev–Trinajstić information content (AvgIpc) is 3.27. The number of thiazole rings is 1. The van der Waals surface area contributed by atoms with Gasteiger partial charge in [-0.1, -0.05) is 0 Å². The zero-order valence-electron chi connectivity index (χ0n) is 17.5. The molecule has 0 radical (unpaired) electrons. The quantitative estimate of drug-likeness (QED) is 0.346. The molecule has 3 rings (SSSR count). The number of halogens is 4. The number of hydrogen-bond donors (Lipinski definition) is 1. The summed E-state index contributed by atoms with van der Waals surface area (Å²) in [4.78, 5) is 37.3. The number of nitrogens with zero attached hydrogens (tertiary/aromatic N) is 3. The van der Waals surface area contributed by atoms with Gasteiger partial charge in [0.2, 0.25) is 0 Å². The van der Waals surface area contributed by atoms with E-state index in [1.807, 2.05) is 0 Å². The van der Waals surface area contributed by atoms with Gasteiger partial charge >= 0.3 is 19.2 Å². The Morgan fingerprint density at radius 2 is 1.59 bits per heavy atom. The number of nitrogens with one attached hydrogen (secondary N) is 1. The van der Waals surface area contributed by atoms with Gasteiger partial charge in [0.05, 0.1) is 25.0 Å². The van der Waals surface area contributed by atoms with Gasteiger partial charge in [-0.15, -0.1) is 11.3 Å². The van der Waals surface area contributed by atoms with E-state index in [0.717, 1.165) is 29.5 Å². The maximum atomic E-state index is 12.8. The second-order valence-corrected chi connectivity index (χ2v) is 7.49. The number of esters is 1. The van der Waals surface area contributed by atoms with Crippen LogP contribution in [-0.4, -0.2) is 47.2 Å². The summed E-state index contributed by atoms with van der Waals surface area (Å²) in [5, 5.41) is 2.92. The number of carbonyl (C=O) groups excluding carboxylic acids is 2. The van der Waals surface area contributed by atoms with Crippen LogP contribution in [0.15, 0.2) is 36.8 Å². The van der Waals surface area contributed by atoms with E-state index in [1.165, 1.54) is 25.7 Å². The van der Waals surface area contributed by atoms with Crippen molar-refractivity contribution in [1.82, 2.24) is 20.3 Å². The number of carbonyl (C=O) groups is 2. The molecule has 2 heterocycles. The van der Waals surface area contributed by atoms with Crippen molar-refractivity contribution in [2.45, 2.75) is 26.2 Å². The monoisotopic (exact) mass is 500 g/mol. The predicted molar refractivity (Wildman–Crippen MR) is 110 cm³/mol. The molecular formula is C20H16F4N4O5S. The molecule has 0 saturated heterocycles. The molecule has 1 atom stereocenters. The molecular weight excluding hydrogens is 484 g/mol. The minimum absolute atomic E-state index is 0.230. The van der Waals surface area contributed by atoms with E-state index >= 15 is 0 Å². The average molecular weight is 500 g/mol. The van der Waals surface area contributed by atoms with E-state index in [0.29, 0.717) is 5.01 Å². The third-order valence-corrected chi connectivity index (χ3v) is 5.16. The van der Waals surface area contributed by atoms with Crippen molar-refractivity contribution in [3.8, 4) is 22.2 Å². The van der Waals surface area contributed by atoms with Gasteiger partial charge in [-0.05, 0) is 19.1 Å². The number of hydrogen-bond acceptors (Lipinski definition) is 9. The van der Waals surface area contributed by atoms with E-state index in [9.17, 15) is 27.2 Å². The fourth-order valence-corrected chi connectivity index (χ4v) is 3.64. The first-order valence-corrected chi connectivity index (χ1v) is 10.2. The molecule has 0 aliphatic heterocycles. The summed E-state index contributed by atoms with van der Waals surface area (Å²) < 4.78 is 63.5. The molecule has 2 aromatic heterocycles. The van der Waals surface area contributed by atoms with Crippen molar-refractivity contribution in [3.63, 3.8) is 0 Å². The third-order valence-electron chi connectivity index (χ3n) is 4.17. The van der Waals surface area contributed by atoms with Crippen molar-refractivity contribution in [3.05, 3.63) is 52.9 Å². The molecule has 180 valence electrons. The summed E-state index contributed by atoms with van der Waals surface area (Å²) in [6.07, 6.45) is 4.08. The lowest BCUT2D eigenvalue weighted by Crippen LogP contribution is -2.28. The molecule has 0 bridgehead atoms. The van der Waals surface area contributed by atoms with Crippen molar-refractivity contribution in [2.24, 2.45) is 0 Å². The fourth-order valence-electron chi connectivity index (χ4n) is 2.80. The second-order valence-electron chi connectivity index (χ2n) is 6.46. The van der Waals surface area contributed by atoms with Crippen LogP contribution in [0.5, 0.6) is 11.5 Å². The SMILES string of the molecule is COC(=O)c1cnc(-c2nccnc2C(C)NC(=O)c2cc(OC(F)F)cc(OC(F)F)c2)s1. The molecule has 9 nitrogen and oxygen atoms in total. The first kappa shape index (κ1) is 24.8. The first-order valence-electron chi connectivity index (χ1n) is 9.39. The van der Waals surface area contributed by atoms with Gasteiger partial charge in [0.15, 0.2) is 0 Å². The summed E-state index contributed by atoms with van der Waals surface area (Å²) in [5.41, 5.74) is 0.297. The van der Waals surface area contributed by atoms with Crippen LogP contribution in [0.25, 0.3) is 10.7 Å². The van der Waals surface area contributed by atoms with Crippen LogP contribution in [-0.2, 0) is 4.74 Å². The fraction of sp³-hybridized carbons (Fsp3) is 0.250. The van der Waals surface area contributed by atoms with Crippen LogP contribution in [0.2, 0.25) is 0 Å². The Balaban J connectivity index is 1.86. The number of alkyl halides is 4. The molecule has 0 fully saturated rings. The van der Waals surface area contributed by atoms with Gasteiger partial charge in [0, 0.05) is 24.0 Å². The Hall–Kier alpha value is -3.81. The highest BCUT2D eigenvalue weighted by molar-refractivity contribution is 7.16. The van der Waals surface area contributed by atoms with Gasteiger partial charge in [-0.2, -0.15) is 17.6 Å². The van der Waals surface area contributed by atoms with Gasteiger partial charge in [0.25, 0.3) is 5.91 Å². The van der Waals surface area contributed by atoms with Gasteiger partial charge in [-0.25, -0.2) is 9.78 Å². The van der Waals surface area contributed by atoms with E-state index < -0.39 is 42.6 Å². The number of benzene rings is 1. The van der Waals surface area contributed by atoms with Crippen molar-refractivity contribution in [1.29, 1.82) is 0 Å². The normalized spacial score (nSPS) is 11.9. The Labute approximate surface area is 193 Å². The minimum atomic E-state index is -3.24. The summed E-state index contributed by atoms with van der Waals surface area (Å²) in [5.74, 6) is -2.46. The molecule has 14 heteroatoms. The van der Waals surface area contributed by atoms with Crippen LogP contribution in [0.4, 0.5) is 17.6 Å². The van der Waals surface area contributed by atoms with E-state index in [2.05, 4.69) is 34.5 Å². The molecule has 3 aromatic rings. The van der Waals surface area contributed by atoms with Gasteiger partial charge < -0.3 is 19.5 Å². The zero-order chi connectivity index (χ0) is 24.8. The van der Waals surface area contributed by atoms with Gasteiger partial charge in [-0.3, -0.25) is 14.8 Å². The van der Waals surface area contributed by atoms with Crippen molar-refractivity contribution >= 4 is 23.2 Å².